The van der Waals surface area contributed by atoms with E-state index in [1.807, 2.05) is 0 Å². The van der Waals surface area contributed by atoms with Crippen molar-refractivity contribution in [3.05, 3.63) is 27.6 Å². The van der Waals surface area contributed by atoms with Crippen molar-refractivity contribution < 1.29 is 33.8 Å². The minimum absolute atomic E-state index is 0.0301. The van der Waals surface area contributed by atoms with E-state index in [4.69, 9.17) is 15.2 Å². The number of rotatable bonds is 6. The van der Waals surface area contributed by atoms with Gasteiger partial charge in [-0.05, 0) is 56.7 Å². The molecule has 2 amide bonds. The summed E-state index contributed by atoms with van der Waals surface area (Å²) in [5.41, 5.74) is 5.70. The van der Waals surface area contributed by atoms with Gasteiger partial charge in [0.25, 0.3) is 5.91 Å². The maximum absolute atomic E-state index is 12.8. The first kappa shape index (κ1) is 22.0. The Kier molecular flexibility index (Phi) is 5.74. The van der Waals surface area contributed by atoms with Crippen LogP contribution in [0.15, 0.2) is 17.1 Å². The molecule has 0 aliphatic carbocycles. The summed E-state index contributed by atoms with van der Waals surface area (Å²) in [6.07, 6.45) is -0.547. The summed E-state index contributed by atoms with van der Waals surface area (Å²) in [6.45, 7) is 5.94. The highest BCUT2D eigenvalue weighted by atomic mass is 32.1. The molecule has 1 saturated heterocycles. The smallest absolute Gasteiger partial charge is 0.358 e. The van der Waals surface area contributed by atoms with Crippen molar-refractivity contribution in [2.45, 2.75) is 46.3 Å². The Morgan fingerprint density at radius 2 is 2.00 bits per heavy atom. The van der Waals surface area contributed by atoms with Crippen molar-refractivity contribution in [3.8, 4) is 0 Å². The predicted molar refractivity (Wildman–Crippen MR) is 107 cm³/mol. The number of amides is 2. The Morgan fingerprint density at radius 1 is 1.33 bits per heavy atom. The monoisotopic (exact) mass is 436 g/mol. The number of aliphatic hydroxyl groups is 1. The lowest BCUT2D eigenvalue weighted by atomic mass is 9.82. The third-order valence-electron chi connectivity index (χ3n) is 5.11. The quantitative estimate of drug-likeness (QED) is 0.389. The molecule has 0 saturated carbocycles. The van der Waals surface area contributed by atoms with Gasteiger partial charge in [-0.1, -0.05) is 0 Å². The lowest BCUT2D eigenvalue weighted by molar-refractivity contribution is -0.175. The minimum Gasteiger partial charge on any atom is -0.427 e. The molecule has 162 valence electrons. The van der Waals surface area contributed by atoms with Crippen molar-refractivity contribution in [2.75, 3.05) is 6.79 Å². The number of fused-ring (bicyclic) bond motifs is 1. The number of hydrogen-bond donors (Lipinski definition) is 2. The largest absolute Gasteiger partial charge is 0.427 e. The average molecular weight is 436 g/mol. The zero-order chi connectivity index (χ0) is 22.4. The Morgan fingerprint density at radius 3 is 2.53 bits per heavy atom. The lowest BCUT2D eigenvalue weighted by Gasteiger charge is -2.44. The number of thiophene rings is 1. The van der Waals surface area contributed by atoms with Gasteiger partial charge < -0.3 is 25.2 Å². The van der Waals surface area contributed by atoms with E-state index in [9.17, 15) is 24.3 Å². The Labute approximate surface area is 177 Å². The summed E-state index contributed by atoms with van der Waals surface area (Å²) in [6, 6.07) is 1.17. The fraction of sp³-hybridized carbons (Fsp3) is 0.500. The summed E-state index contributed by atoms with van der Waals surface area (Å²) < 4.78 is 10.1. The maximum atomic E-state index is 12.8. The van der Waals surface area contributed by atoms with Gasteiger partial charge in [0.2, 0.25) is 12.7 Å². The number of hydrogen-bond acceptors (Lipinski definition) is 8. The number of aliphatic hydroxyl groups excluding tert-OH is 1. The molecule has 1 aromatic rings. The molecule has 1 aromatic heterocycles. The second-order valence-corrected chi connectivity index (χ2v) is 9.28. The second-order valence-electron chi connectivity index (χ2n) is 8.37. The van der Waals surface area contributed by atoms with Crippen LogP contribution in [0, 0.1) is 11.3 Å². The highest BCUT2D eigenvalue weighted by Gasteiger charge is 2.57. The van der Waals surface area contributed by atoms with E-state index in [2.05, 4.69) is 0 Å². The van der Waals surface area contributed by atoms with Gasteiger partial charge in [-0.25, -0.2) is 4.79 Å². The van der Waals surface area contributed by atoms with Gasteiger partial charge in [0.1, 0.15) is 5.70 Å². The molecule has 2 unspecified atom stereocenters. The van der Waals surface area contributed by atoms with Gasteiger partial charge in [-0.15, -0.1) is 11.3 Å². The zero-order valence-corrected chi connectivity index (χ0v) is 17.9. The number of carbonyl (C=O) groups is 4. The molecule has 10 heteroatoms. The number of nitrogens with two attached hydrogens (primary N) is 1. The maximum Gasteiger partial charge on any atom is 0.358 e. The fourth-order valence-corrected chi connectivity index (χ4v) is 4.34. The third kappa shape index (κ3) is 3.84. The Balaban J connectivity index is 1.85. The highest BCUT2D eigenvalue weighted by Crippen LogP contribution is 2.47. The Bertz CT molecular complexity index is 941. The van der Waals surface area contributed by atoms with E-state index in [0.717, 1.165) is 11.3 Å². The van der Waals surface area contributed by atoms with E-state index in [0.29, 0.717) is 22.4 Å². The summed E-state index contributed by atoms with van der Waals surface area (Å²) in [5, 5.41) is 11.6. The van der Waals surface area contributed by atoms with Crippen molar-refractivity contribution in [1.29, 1.82) is 0 Å². The summed E-state index contributed by atoms with van der Waals surface area (Å²) in [5.74, 6) is -2.96. The molecule has 0 aromatic carbocycles. The van der Waals surface area contributed by atoms with E-state index < -0.39 is 42.1 Å². The molecule has 0 bridgehead atoms. The molecule has 3 heterocycles. The molecular formula is C20H24N2O7S. The van der Waals surface area contributed by atoms with Gasteiger partial charge in [0.15, 0.2) is 0 Å². The lowest BCUT2D eigenvalue weighted by Crippen LogP contribution is -2.61. The number of β-lactam (4-membered cyclic amide) rings is 1. The predicted octanol–water partition coefficient (Wildman–Crippen LogP) is 1.26. The van der Waals surface area contributed by atoms with Crippen LogP contribution in [-0.4, -0.2) is 52.7 Å². The minimum atomic E-state index is -0.869. The molecule has 3 rings (SSSR count). The van der Waals surface area contributed by atoms with Crippen LogP contribution in [0.25, 0.3) is 5.57 Å². The number of ether oxygens (including phenoxy) is 2. The molecule has 3 atom stereocenters. The van der Waals surface area contributed by atoms with Crippen LogP contribution in [0.1, 0.15) is 49.4 Å². The standard InChI is InChI=1S/C20H24N2O7S/c1-9(23)14-12-6-11(10-5-13(16(21)24)30-7-10)15(22(12)17(14)25)18(26)28-8-29-19(27)20(2,3)4/h5,7,9,12,14,23H,6,8H2,1-4H3,(H2,21,24)/t9-,12?,14?/m1/s1. The van der Waals surface area contributed by atoms with Crippen LogP contribution in [0.2, 0.25) is 0 Å². The van der Waals surface area contributed by atoms with E-state index in [1.54, 1.807) is 32.2 Å². The van der Waals surface area contributed by atoms with Gasteiger partial charge in [-0.3, -0.25) is 14.4 Å². The Hall–Kier alpha value is -2.72. The van der Waals surface area contributed by atoms with Crippen LogP contribution < -0.4 is 5.73 Å². The summed E-state index contributed by atoms with van der Waals surface area (Å²) in [7, 11) is 0. The van der Waals surface area contributed by atoms with Gasteiger partial charge >= 0.3 is 11.9 Å². The molecule has 1 fully saturated rings. The number of carbonyl (C=O) groups excluding carboxylic acids is 4. The molecule has 9 nitrogen and oxygen atoms in total. The summed E-state index contributed by atoms with van der Waals surface area (Å²) in [4.78, 5) is 50.3. The first-order valence-electron chi connectivity index (χ1n) is 9.40. The molecule has 3 N–H and O–H groups in total. The molecule has 0 spiro atoms. The normalized spacial score (nSPS) is 21.8. The first-order valence-corrected chi connectivity index (χ1v) is 10.3. The van der Waals surface area contributed by atoms with Gasteiger partial charge in [-0.2, -0.15) is 0 Å². The average Bonchev–Trinajstić information content (AvgIpc) is 3.23. The van der Waals surface area contributed by atoms with Crippen LogP contribution in [0.3, 0.4) is 0 Å². The van der Waals surface area contributed by atoms with Crippen molar-refractivity contribution >= 4 is 40.7 Å². The van der Waals surface area contributed by atoms with E-state index >= 15 is 0 Å². The molecule has 30 heavy (non-hydrogen) atoms. The topological polar surface area (TPSA) is 136 Å². The van der Waals surface area contributed by atoms with Crippen LogP contribution >= 0.6 is 11.3 Å². The number of primary amides is 1. The van der Waals surface area contributed by atoms with Gasteiger partial charge in [0.05, 0.1) is 28.4 Å². The second kappa shape index (κ2) is 7.84. The zero-order valence-electron chi connectivity index (χ0n) is 17.1. The van der Waals surface area contributed by atoms with E-state index in [1.165, 1.54) is 11.8 Å². The number of esters is 2. The summed E-state index contributed by atoms with van der Waals surface area (Å²) >= 11 is 1.13. The molecule has 2 aliphatic rings. The fourth-order valence-electron chi connectivity index (χ4n) is 3.56. The van der Waals surface area contributed by atoms with Crippen LogP contribution in [0.5, 0.6) is 0 Å². The molecule has 0 radical (unpaired) electrons. The highest BCUT2D eigenvalue weighted by molar-refractivity contribution is 7.12. The molecular weight excluding hydrogens is 412 g/mol. The SMILES string of the molecule is C[C@@H](O)C1C(=O)N2C(C(=O)OCOC(=O)C(C)(C)C)=C(c3csc(C(N)=O)c3)CC12. The van der Waals surface area contributed by atoms with Crippen molar-refractivity contribution in [3.63, 3.8) is 0 Å². The first-order chi connectivity index (χ1) is 13.9. The van der Waals surface area contributed by atoms with Crippen LogP contribution in [0.4, 0.5) is 0 Å². The third-order valence-corrected chi connectivity index (χ3v) is 6.05. The van der Waals surface area contributed by atoms with Crippen molar-refractivity contribution in [1.82, 2.24) is 4.90 Å². The van der Waals surface area contributed by atoms with E-state index in [-0.39, 0.29) is 17.6 Å². The van der Waals surface area contributed by atoms with Crippen LogP contribution in [-0.2, 0) is 23.9 Å². The van der Waals surface area contributed by atoms with Crippen molar-refractivity contribution in [2.24, 2.45) is 17.1 Å². The molecule has 2 aliphatic heterocycles. The van der Waals surface area contributed by atoms with Gasteiger partial charge in [0, 0.05) is 0 Å². The number of nitrogens with zero attached hydrogens (tertiary/aromatic N) is 1.